The molecule has 1 N–H and O–H groups in total. The van der Waals surface area contributed by atoms with E-state index in [-0.39, 0.29) is 12.6 Å². The molecule has 178 valence electrons. The van der Waals surface area contributed by atoms with Crippen LogP contribution in [0.1, 0.15) is 122 Å². The first-order valence-electron chi connectivity index (χ1n) is 12.9. The van der Waals surface area contributed by atoms with Gasteiger partial charge in [-0.05, 0) is 24.8 Å². The van der Waals surface area contributed by atoms with E-state index >= 15 is 0 Å². The molecule has 0 heterocycles. The van der Waals surface area contributed by atoms with Crippen molar-refractivity contribution in [1.82, 2.24) is 0 Å². The number of carboxylic acids is 1. The number of aliphatic carboxylic acids is 1. The molecule has 0 saturated carbocycles. The van der Waals surface area contributed by atoms with Crippen LogP contribution in [-0.2, 0) is 14.3 Å². The summed E-state index contributed by atoms with van der Waals surface area (Å²) in [5.74, 6) is -1.96. The van der Waals surface area contributed by atoms with E-state index in [1.54, 1.807) is 0 Å². The topological polar surface area (TPSA) is 63.6 Å². The maximum Gasteiger partial charge on any atom is 0.314 e. The standard InChI is InChI=1S/C27H46O4/c1-2-3-4-5-6-7-8-9-10-11-12-13-14-15-19-22-26(28)31-23-25(27(29)30)24-20-17-16-18-21-24/h17,20-21,25H,2-16,18-19,22-23H2,1H3,(H,29,30). The summed E-state index contributed by atoms with van der Waals surface area (Å²) in [7, 11) is 0. The SMILES string of the molecule is CCCCCCCCCCCCCCCCCC(=O)OCC(C(=O)O)C1=CCCC=C1. The second-order valence-electron chi connectivity index (χ2n) is 8.96. The molecule has 1 aliphatic rings. The van der Waals surface area contributed by atoms with Crippen molar-refractivity contribution >= 4 is 11.9 Å². The summed E-state index contributed by atoms with van der Waals surface area (Å²) < 4.78 is 5.24. The van der Waals surface area contributed by atoms with E-state index in [4.69, 9.17) is 4.74 Å². The maximum absolute atomic E-state index is 11.9. The molecule has 1 unspecified atom stereocenters. The number of esters is 1. The van der Waals surface area contributed by atoms with Crippen molar-refractivity contribution in [2.45, 2.75) is 122 Å². The number of carbonyl (C=O) groups is 2. The van der Waals surface area contributed by atoms with Gasteiger partial charge in [0.25, 0.3) is 0 Å². The molecule has 4 nitrogen and oxygen atoms in total. The van der Waals surface area contributed by atoms with Gasteiger partial charge in [0.05, 0.1) is 0 Å². The van der Waals surface area contributed by atoms with Crippen LogP contribution >= 0.6 is 0 Å². The van der Waals surface area contributed by atoms with Crippen LogP contribution in [0.25, 0.3) is 0 Å². The summed E-state index contributed by atoms with van der Waals surface area (Å²) in [5, 5.41) is 9.39. The summed E-state index contributed by atoms with van der Waals surface area (Å²) in [6.45, 7) is 2.20. The highest BCUT2D eigenvalue weighted by Crippen LogP contribution is 2.20. The van der Waals surface area contributed by atoms with Gasteiger partial charge in [-0.15, -0.1) is 0 Å². The van der Waals surface area contributed by atoms with Crippen LogP contribution in [-0.4, -0.2) is 23.7 Å². The molecule has 31 heavy (non-hydrogen) atoms. The zero-order valence-electron chi connectivity index (χ0n) is 19.9. The van der Waals surface area contributed by atoms with Crippen LogP contribution in [0.3, 0.4) is 0 Å². The third-order valence-corrected chi connectivity index (χ3v) is 6.12. The Morgan fingerprint density at radius 2 is 1.35 bits per heavy atom. The van der Waals surface area contributed by atoms with Crippen LogP contribution in [0.2, 0.25) is 0 Å². The monoisotopic (exact) mass is 434 g/mol. The number of ether oxygens (including phenoxy) is 1. The van der Waals surface area contributed by atoms with Gasteiger partial charge in [-0.1, -0.05) is 115 Å². The first kappa shape index (κ1) is 27.5. The molecule has 0 spiro atoms. The quantitative estimate of drug-likeness (QED) is 0.157. The van der Waals surface area contributed by atoms with Gasteiger partial charge in [-0.3, -0.25) is 9.59 Å². The Hall–Kier alpha value is -1.58. The largest absolute Gasteiger partial charge is 0.481 e. The van der Waals surface area contributed by atoms with Crippen LogP contribution in [0.5, 0.6) is 0 Å². The van der Waals surface area contributed by atoms with Crippen LogP contribution in [0.4, 0.5) is 0 Å². The predicted molar refractivity (Wildman–Crippen MR) is 128 cm³/mol. The molecular weight excluding hydrogens is 388 g/mol. The molecule has 0 radical (unpaired) electrons. The fourth-order valence-corrected chi connectivity index (χ4v) is 4.09. The first-order valence-corrected chi connectivity index (χ1v) is 12.9. The van der Waals surface area contributed by atoms with Crippen molar-refractivity contribution in [3.8, 4) is 0 Å². The fourth-order valence-electron chi connectivity index (χ4n) is 4.09. The lowest BCUT2D eigenvalue weighted by Gasteiger charge is -2.16. The van der Waals surface area contributed by atoms with E-state index in [1.807, 2.05) is 18.2 Å². The summed E-state index contributed by atoms with van der Waals surface area (Å²) >= 11 is 0. The van der Waals surface area contributed by atoms with Crippen LogP contribution < -0.4 is 0 Å². The number of hydrogen-bond acceptors (Lipinski definition) is 3. The Bertz CT molecular complexity index is 535. The van der Waals surface area contributed by atoms with Gasteiger partial charge in [0.2, 0.25) is 0 Å². The molecule has 0 saturated heterocycles. The summed E-state index contributed by atoms with van der Waals surface area (Å²) in [6.07, 6.45) is 27.3. The van der Waals surface area contributed by atoms with Gasteiger partial charge in [-0.2, -0.15) is 0 Å². The van der Waals surface area contributed by atoms with E-state index in [0.717, 1.165) is 31.3 Å². The molecule has 0 aliphatic heterocycles. The molecule has 0 bridgehead atoms. The lowest BCUT2D eigenvalue weighted by Crippen LogP contribution is -2.23. The van der Waals surface area contributed by atoms with Crippen molar-refractivity contribution in [3.05, 3.63) is 23.8 Å². The molecule has 0 amide bonds. The Balaban J connectivity index is 1.91. The number of carboxylic acid groups (broad SMARTS) is 1. The van der Waals surface area contributed by atoms with E-state index < -0.39 is 11.9 Å². The number of rotatable bonds is 20. The molecule has 1 atom stereocenters. The van der Waals surface area contributed by atoms with Crippen molar-refractivity contribution in [2.75, 3.05) is 6.61 Å². The summed E-state index contributed by atoms with van der Waals surface area (Å²) in [5.41, 5.74) is 0.749. The Kier molecular flexibility index (Phi) is 16.9. The second-order valence-corrected chi connectivity index (χ2v) is 8.96. The van der Waals surface area contributed by atoms with Crippen LogP contribution in [0.15, 0.2) is 23.8 Å². The zero-order chi connectivity index (χ0) is 22.6. The zero-order valence-corrected chi connectivity index (χ0v) is 19.9. The number of hydrogen-bond donors (Lipinski definition) is 1. The highest BCUT2D eigenvalue weighted by Gasteiger charge is 2.23. The third kappa shape index (κ3) is 15.0. The number of allylic oxidation sites excluding steroid dienone is 3. The van der Waals surface area contributed by atoms with Crippen molar-refractivity contribution in [1.29, 1.82) is 0 Å². The second kappa shape index (κ2) is 19.1. The first-order chi connectivity index (χ1) is 15.1. The molecule has 0 aromatic rings. The van der Waals surface area contributed by atoms with Gasteiger partial charge < -0.3 is 9.84 Å². The van der Waals surface area contributed by atoms with E-state index in [2.05, 4.69) is 6.92 Å². The Morgan fingerprint density at radius 1 is 0.839 bits per heavy atom. The highest BCUT2D eigenvalue weighted by molar-refractivity contribution is 5.76. The van der Waals surface area contributed by atoms with Gasteiger partial charge in [0.15, 0.2) is 0 Å². The highest BCUT2D eigenvalue weighted by atomic mass is 16.5. The molecule has 1 rings (SSSR count). The van der Waals surface area contributed by atoms with Crippen molar-refractivity contribution in [2.24, 2.45) is 5.92 Å². The van der Waals surface area contributed by atoms with Gasteiger partial charge in [0.1, 0.15) is 12.5 Å². The smallest absolute Gasteiger partial charge is 0.314 e. The van der Waals surface area contributed by atoms with E-state index in [0.29, 0.717) is 6.42 Å². The lowest BCUT2D eigenvalue weighted by molar-refractivity contribution is -0.149. The lowest BCUT2D eigenvalue weighted by atomic mass is 9.95. The molecule has 0 fully saturated rings. The number of carbonyl (C=O) groups excluding carboxylic acids is 1. The summed E-state index contributed by atoms with van der Waals surface area (Å²) in [4.78, 5) is 23.4. The molecule has 1 aliphatic carbocycles. The van der Waals surface area contributed by atoms with Gasteiger partial charge in [0, 0.05) is 6.42 Å². The van der Waals surface area contributed by atoms with Gasteiger partial charge >= 0.3 is 11.9 Å². The maximum atomic E-state index is 11.9. The third-order valence-electron chi connectivity index (χ3n) is 6.12. The van der Waals surface area contributed by atoms with Crippen molar-refractivity contribution in [3.63, 3.8) is 0 Å². The normalized spacial score (nSPS) is 14.3. The molecule has 0 aromatic carbocycles. The molecule has 4 heteroatoms. The Labute approximate surface area is 190 Å². The van der Waals surface area contributed by atoms with E-state index in [1.165, 1.54) is 83.5 Å². The number of unbranched alkanes of at least 4 members (excludes halogenated alkanes) is 14. The predicted octanol–water partition coefficient (Wildman–Crippen LogP) is 7.77. The van der Waals surface area contributed by atoms with Crippen molar-refractivity contribution < 1.29 is 19.4 Å². The average molecular weight is 435 g/mol. The van der Waals surface area contributed by atoms with Crippen LogP contribution in [0, 0.1) is 5.92 Å². The molecular formula is C27H46O4. The summed E-state index contributed by atoms with van der Waals surface area (Å²) in [6, 6.07) is 0. The van der Waals surface area contributed by atoms with E-state index in [9.17, 15) is 14.7 Å². The minimum Gasteiger partial charge on any atom is -0.481 e. The van der Waals surface area contributed by atoms with Gasteiger partial charge in [-0.25, -0.2) is 0 Å². The Morgan fingerprint density at radius 3 is 1.81 bits per heavy atom. The minimum absolute atomic E-state index is 0.0664. The average Bonchev–Trinajstić information content (AvgIpc) is 2.77. The fraction of sp³-hybridized carbons (Fsp3) is 0.778. The molecule has 0 aromatic heterocycles. The minimum atomic E-state index is -0.933.